The van der Waals surface area contributed by atoms with Gasteiger partial charge in [0.15, 0.2) is 0 Å². The van der Waals surface area contributed by atoms with Crippen LogP contribution in [0.4, 0.5) is 0 Å². The smallest absolute Gasteiger partial charge is 0.445 e. The minimum atomic E-state index is -1.52. The monoisotopic (exact) mass is 694 g/mol. The maximum absolute atomic E-state index is 8.68. The van der Waals surface area contributed by atoms with Crippen LogP contribution in [-0.4, -0.2) is 120 Å². The second-order valence-corrected chi connectivity index (χ2v) is 11.2. The standard InChI is InChI=1S/C24H30B6O9.C6H8B2O4/c1-31-25(32-2)19-7-13-22(14-8-19)28-37-29(23-15-9-20(10-16-23)26(33-3)34-4)39-30(38-28)24-17-11-21(12-18-24)27(35-5)36-6;9-7(10)5-1-2-6(4-3-5)8(11)12/h7-18H,1-6H3;1-4,9-12H. The SMILES string of the molecule is COB(OC)c1ccc(B2OB(c3ccc(B(OC)OC)cc3)OB(c3ccc(B(OC)OC)cc3)O2)cc1.OB(O)c1ccc(B(O)O)cc1. The molecular formula is C30H38B8O13. The Kier molecular flexibility index (Phi) is 16.1. The van der Waals surface area contributed by atoms with Gasteiger partial charge < -0.3 is 61.7 Å². The van der Waals surface area contributed by atoms with Crippen molar-refractivity contribution in [1.82, 2.24) is 0 Å². The van der Waals surface area contributed by atoms with Crippen LogP contribution in [0.2, 0.25) is 0 Å². The molecule has 0 amide bonds. The van der Waals surface area contributed by atoms with E-state index in [9.17, 15) is 0 Å². The van der Waals surface area contributed by atoms with Crippen molar-refractivity contribution in [2.24, 2.45) is 0 Å². The zero-order valence-corrected chi connectivity index (χ0v) is 29.3. The molecule has 0 unspecified atom stereocenters. The topological polar surface area (TPSA) is 164 Å². The third-order valence-corrected chi connectivity index (χ3v) is 8.00. The second-order valence-electron chi connectivity index (χ2n) is 11.2. The van der Waals surface area contributed by atoms with Crippen molar-refractivity contribution in [2.75, 3.05) is 42.7 Å². The average Bonchev–Trinajstić information content (AvgIpc) is 3.17. The molecule has 1 aliphatic heterocycles. The van der Waals surface area contributed by atoms with Crippen LogP contribution in [0.3, 0.4) is 0 Å². The zero-order chi connectivity index (χ0) is 36.9. The average molecular weight is 693 g/mol. The fraction of sp³-hybridized carbons (Fsp3) is 0.200. The van der Waals surface area contributed by atoms with Crippen LogP contribution in [0, 0.1) is 0 Å². The van der Waals surface area contributed by atoms with Crippen LogP contribution in [0.5, 0.6) is 0 Å². The molecule has 1 fully saturated rings. The van der Waals surface area contributed by atoms with Gasteiger partial charge in [-0.15, -0.1) is 0 Å². The third-order valence-electron chi connectivity index (χ3n) is 8.00. The molecule has 0 bridgehead atoms. The van der Waals surface area contributed by atoms with E-state index in [4.69, 9.17) is 61.7 Å². The molecule has 0 aromatic heterocycles. The molecule has 0 spiro atoms. The maximum Gasteiger partial charge on any atom is 0.493 e. The van der Waals surface area contributed by atoms with Crippen molar-refractivity contribution in [3.63, 3.8) is 0 Å². The first-order valence-corrected chi connectivity index (χ1v) is 15.9. The summed E-state index contributed by atoms with van der Waals surface area (Å²) in [5, 5.41) is 34.7. The molecule has 4 aromatic carbocycles. The molecule has 51 heavy (non-hydrogen) atoms. The fourth-order valence-corrected chi connectivity index (χ4v) is 5.28. The highest BCUT2D eigenvalue weighted by Gasteiger charge is 2.43. The van der Waals surface area contributed by atoms with Crippen molar-refractivity contribution in [3.8, 4) is 0 Å². The van der Waals surface area contributed by atoms with Crippen LogP contribution in [-0.2, 0) is 41.6 Å². The summed E-state index contributed by atoms with van der Waals surface area (Å²) in [6, 6.07) is 28.8. The quantitative estimate of drug-likeness (QED) is 0.0933. The Bertz CT molecular complexity index is 1400. The van der Waals surface area contributed by atoms with Gasteiger partial charge in [-0.1, -0.05) is 97.1 Å². The number of hydrogen-bond donors (Lipinski definition) is 4. The summed E-state index contributed by atoms with van der Waals surface area (Å²) in [6.45, 7) is 0. The van der Waals surface area contributed by atoms with E-state index in [2.05, 4.69) is 0 Å². The molecule has 13 nitrogen and oxygen atoms in total. The summed E-state index contributed by atoms with van der Waals surface area (Å²) < 4.78 is 51.1. The molecule has 0 aliphatic carbocycles. The van der Waals surface area contributed by atoms with Gasteiger partial charge in [-0.2, -0.15) is 0 Å². The maximum atomic E-state index is 8.68. The molecule has 1 saturated heterocycles. The number of benzene rings is 4. The van der Waals surface area contributed by atoms with Gasteiger partial charge in [0, 0.05) is 42.7 Å². The van der Waals surface area contributed by atoms with E-state index in [1.54, 1.807) is 42.7 Å². The Morgan fingerprint density at radius 3 is 0.725 bits per heavy atom. The van der Waals surface area contributed by atoms with E-state index in [-0.39, 0.29) is 0 Å². The lowest BCUT2D eigenvalue weighted by molar-refractivity contribution is 0.291. The molecule has 0 atom stereocenters. The molecule has 260 valence electrons. The van der Waals surface area contributed by atoms with Crippen LogP contribution < -0.4 is 43.7 Å². The molecule has 0 saturated carbocycles. The van der Waals surface area contributed by atoms with E-state index in [0.717, 1.165) is 32.8 Å². The Hall–Kier alpha value is -3.12. The molecule has 0 radical (unpaired) electrons. The van der Waals surface area contributed by atoms with Crippen LogP contribution >= 0.6 is 0 Å². The number of hydrogen-bond acceptors (Lipinski definition) is 13. The summed E-state index contributed by atoms with van der Waals surface area (Å²) in [4.78, 5) is 0. The summed E-state index contributed by atoms with van der Waals surface area (Å²) >= 11 is 0. The second kappa shape index (κ2) is 20.2. The van der Waals surface area contributed by atoms with Gasteiger partial charge >= 0.3 is 56.9 Å². The fourth-order valence-electron chi connectivity index (χ4n) is 5.28. The predicted molar refractivity (Wildman–Crippen MR) is 203 cm³/mol. The van der Waals surface area contributed by atoms with Crippen molar-refractivity contribution in [1.29, 1.82) is 0 Å². The minimum Gasteiger partial charge on any atom is -0.445 e. The molecule has 1 heterocycles. The molecule has 21 heteroatoms. The first-order valence-electron chi connectivity index (χ1n) is 15.9. The molecule has 4 N–H and O–H groups in total. The van der Waals surface area contributed by atoms with Gasteiger partial charge in [-0.25, -0.2) is 0 Å². The predicted octanol–water partition coefficient (Wildman–Crippen LogP) is -4.75. The van der Waals surface area contributed by atoms with Gasteiger partial charge in [0.1, 0.15) is 0 Å². The summed E-state index contributed by atoms with van der Waals surface area (Å²) in [5.74, 6) is 0. The van der Waals surface area contributed by atoms with Crippen molar-refractivity contribution >= 4 is 101 Å². The van der Waals surface area contributed by atoms with Crippen LogP contribution in [0.25, 0.3) is 0 Å². The van der Waals surface area contributed by atoms with Gasteiger partial charge in [-0.05, 0) is 43.7 Å². The zero-order valence-electron chi connectivity index (χ0n) is 29.3. The van der Waals surface area contributed by atoms with Gasteiger partial charge in [0.05, 0.1) is 0 Å². The van der Waals surface area contributed by atoms with Gasteiger partial charge in [0.25, 0.3) is 0 Å². The lowest BCUT2D eigenvalue weighted by Gasteiger charge is -2.31. The van der Waals surface area contributed by atoms with Crippen molar-refractivity contribution in [2.45, 2.75) is 0 Å². The van der Waals surface area contributed by atoms with E-state index in [1.807, 2.05) is 72.8 Å². The van der Waals surface area contributed by atoms with Gasteiger partial charge in [0.2, 0.25) is 0 Å². The first-order chi connectivity index (χ1) is 24.6. The summed E-state index contributed by atoms with van der Waals surface area (Å²) in [7, 11) is 3.10. The van der Waals surface area contributed by atoms with Crippen LogP contribution in [0.1, 0.15) is 0 Å². The Morgan fingerprint density at radius 1 is 0.353 bits per heavy atom. The molecule has 5 rings (SSSR count). The normalized spacial score (nSPS) is 12.6. The minimum absolute atomic E-state index is 0.319. The number of rotatable bonds is 14. The summed E-state index contributed by atoms with van der Waals surface area (Å²) in [5.41, 5.74) is 5.76. The lowest BCUT2D eigenvalue weighted by Crippen LogP contribution is -2.61. The largest absolute Gasteiger partial charge is 0.493 e. The molecular weight excluding hydrogens is 655 g/mol. The third kappa shape index (κ3) is 10.9. The Balaban J connectivity index is 0.000000411. The highest BCUT2D eigenvalue weighted by atomic mass is 16.7. The highest BCUT2D eigenvalue weighted by molar-refractivity contribution is 6.87. The van der Waals surface area contributed by atoms with E-state index < -0.39 is 56.9 Å². The molecule has 1 aliphatic rings. The van der Waals surface area contributed by atoms with E-state index >= 15 is 0 Å². The van der Waals surface area contributed by atoms with E-state index in [1.165, 1.54) is 24.3 Å². The Labute approximate surface area is 301 Å². The van der Waals surface area contributed by atoms with Crippen molar-refractivity contribution < 1.29 is 61.7 Å². The lowest BCUT2D eigenvalue weighted by atomic mass is 9.60. The van der Waals surface area contributed by atoms with Crippen LogP contribution in [0.15, 0.2) is 97.1 Å². The summed E-state index contributed by atoms with van der Waals surface area (Å²) in [6.07, 6.45) is 0. The van der Waals surface area contributed by atoms with Gasteiger partial charge in [-0.3, -0.25) is 0 Å². The van der Waals surface area contributed by atoms with Crippen molar-refractivity contribution in [3.05, 3.63) is 97.1 Å². The van der Waals surface area contributed by atoms with E-state index in [0.29, 0.717) is 10.9 Å². The molecule has 4 aromatic rings. The highest BCUT2D eigenvalue weighted by Crippen LogP contribution is 2.10. The first kappa shape index (κ1) is 40.6. The Morgan fingerprint density at radius 2 is 0.549 bits per heavy atom.